The number of carbonyl (C=O) groups excluding carboxylic acids is 1. The third kappa shape index (κ3) is 7.23. The van der Waals surface area contributed by atoms with Gasteiger partial charge in [0.1, 0.15) is 6.10 Å². The van der Waals surface area contributed by atoms with Gasteiger partial charge in [-0.2, -0.15) is 0 Å². The van der Waals surface area contributed by atoms with E-state index in [1.807, 2.05) is 30.3 Å². The number of non-ortho nitro benzene ring substituents is 1. The van der Waals surface area contributed by atoms with Gasteiger partial charge < -0.3 is 14.2 Å². The van der Waals surface area contributed by atoms with Crippen LogP contribution in [0.5, 0.6) is 0 Å². The number of benzene rings is 2. The lowest BCUT2D eigenvalue weighted by Gasteiger charge is -2.24. The molecule has 0 aromatic heterocycles. The second-order valence-electron chi connectivity index (χ2n) is 8.55. The van der Waals surface area contributed by atoms with Gasteiger partial charge in [-0.25, -0.2) is 4.79 Å². The van der Waals surface area contributed by atoms with Gasteiger partial charge in [0.25, 0.3) is 5.69 Å². The number of esters is 1. The maximum absolute atomic E-state index is 12.7. The summed E-state index contributed by atoms with van der Waals surface area (Å²) >= 11 is 0. The van der Waals surface area contributed by atoms with Gasteiger partial charge in [0.15, 0.2) is 0 Å². The number of nitro groups is 1. The van der Waals surface area contributed by atoms with Gasteiger partial charge in [-0.1, -0.05) is 62.6 Å². The second-order valence-corrected chi connectivity index (χ2v) is 8.55. The van der Waals surface area contributed by atoms with Crippen molar-refractivity contribution in [2.75, 3.05) is 0 Å². The van der Waals surface area contributed by atoms with E-state index in [1.54, 1.807) is 6.08 Å². The molecular formula is C27H33NO6. The van der Waals surface area contributed by atoms with Gasteiger partial charge in [0.05, 0.1) is 35.4 Å². The molecule has 0 spiro atoms. The molecule has 0 N–H and O–H groups in total. The van der Waals surface area contributed by atoms with Crippen LogP contribution < -0.4 is 0 Å². The first-order valence-electron chi connectivity index (χ1n) is 11.9. The van der Waals surface area contributed by atoms with Crippen LogP contribution in [0.15, 0.2) is 67.3 Å². The Morgan fingerprint density at radius 1 is 1.21 bits per heavy atom. The molecular weight excluding hydrogens is 434 g/mol. The standard InChI is InChI=1S/C27H33NO6/c1-3-5-7-13-23(32-19-20-11-8-6-9-12-20)25-18-26(24(33-25)10-4-2)34-27(29)21-14-16-22(17-15-21)28(30)31/h4,6,8-9,11-12,14-17,23-26H,2-3,5,7,10,13,18-19H2,1H3/t23-,24-,25-,26+/m1/s1. The molecule has 3 rings (SSSR count). The Morgan fingerprint density at radius 3 is 2.59 bits per heavy atom. The van der Waals surface area contributed by atoms with Crippen molar-refractivity contribution in [3.63, 3.8) is 0 Å². The normalized spacial score (nSPS) is 20.6. The van der Waals surface area contributed by atoms with Crippen LogP contribution in [0.1, 0.15) is 61.4 Å². The van der Waals surface area contributed by atoms with Crippen molar-refractivity contribution in [3.8, 4) is 0 Å². The highest BCUT2D eigenvalue weighted by molar-refractivity contribution is 5.89. The van der Waals surface area contributed by atoms with Gasteiger partial charge >= 0.3 is 5.97 Å². The highest BCUT2D eigenvalue weighted by Gasteiger charge is 2.41. The molecule has 34 heavy (non-hydrogen) atoms. The van der Waals surface area contributed by atoms with E-state index in [0.29, 0.717) is 19.4 Å². The molecule has 0 radical (unpaired) electrons. The molecule has 1 aliphatic rings. The van der Waals surface area contributed by atoms with E-state index >= 15 is 0 Å². The minimum atomic E-state index is -0.522. The van der Waals surface area contributed by atoms with Crippen molar-refractivity contribution in [1.29, 1.82) is 0 Å². The smallest absolute Gasteiger partial charge is 0.338 e. The van der Waals surface area contributed by atoms with E-state index in [4.69, 9.17) is 14.2 Å². The van der Waals surface area contributed by atoms with E-state index < -0.39 is 17.0 Å². The predicted octanol–water partition coefficient (Wildman–Crippen LogP) is 6.02. The maximum atomic E-state index is 12.7. The summed E-state index contributed by atoms with van der Waals surface area (Å²) in [6.07, 6.45) is 5.93. The summed E-state index contributed by atoms with van der Waals surface area (Å²) in [5, 5.41) is 10.9. The molecule has 1 aliphatic heterocycles. The molecule has 7 heteroatoms. The molecule has 182 valence electrons. The number of ether oxygens (including phenoxy) is 3. The lowest BCUT2D eigenvalue weighted by Crippen LogP contribution is -2.29. The first-order chi connectivity index (χ1) is 16.5. The highest BCUT2D eigenvalue weighted by atomic mass is 16.6. The third-order valence-corrected chi connectivity index (χ3v) is 6.01. The van der Waals surface area contributed by atoms with Gasteiger partial charge in [-0.05, 0) is 30.5 Å². The molecule has 1 saturated heterocycles. The fourth-order valence-electron chi connectivity index (χ4n) is 4.16. The zero-order chi connectivity index (χ0) is 24.3. The largest absolute Gasteiger partial charge is 0.456 e. The summed E-state index contributed by atoms with van der Waals surface area (Å²) in [4.78, 5) is 23.1. The van der Waals surface area contributed by atoms with E-state index in [1.165, 1.54) is 24.3 Å². The SMILES string of the molecule is C=CC[C@H]1O[C@@H]([C@@H](CCCCC)OCc2ccccc2)C[C@@H]1OC(=O)c1ccc([N+](=O)[O-])cc1. The van der Waals surface area contributed by atoms with Gasteiger partial charge in [-0.3, -0.25) is 10.1 Å². The fourth-order valence-corrected chi connectivity index (χ4v) is 4.16. The lowest BCUT2D eigenvalue weighted by atomic mass is 10.0. The Balaban J connectivity index is 1.67. The van der Waals surface area contributed by atoms with Crippen molar-refractivity contribution in [3.05, 3.63) is 88.5 Å². The summed E-state index contributed by atoms with van der Waals surface area (Å²) in [6, 6.07) is 15.4. The van der Waals surface area contributed by atoms with Crippen LogP contribution in [0.3, 0.4) is 0 Å². The van der Waals surface area contributed by atoms with Crippen molar-refractivity contribution >= 4 is 11.7 Å². The van der Waals surface area contributed by atoms with Crippen LogP contribution in [0.2, 0.25) is 0 Å². The molecule has 0 bridgehead atoms. The Morgan fingerprint density at radius 2 is 1.94 bits per heavy atom. The predicted molar refractivity (Wildman–Crippen MR) is 130 cm³/mol. The van der Waals surface area contributed by atoms with Crippen molar-refractivity contribution in [2.45, 2.75) is 76.5 Å². The minimum Gasteiger partial charge on any atom is -0.456 e. The highest BCUT2D eigenvalue weighted by Crippen LogP contribution is 2.32. The number of hydrogen-bond acceptors (Lipinski definition) is 6. The van der Waals surface area contributed by atoms with Gasteiger partial charge in [-0.15, -0.1) is 6.58 Å². The Kier molecular flexibility index (Phi) is 9.79. The van der Waals surface area contributed by atoms with Gasteiger partial charge in [0, 0.05) is 18.6 Å². The first-order valence-corrected chi connectivity index (χ1v) is 11.9. The molecule has 2 aromatic carbocycles. The van der Waals surface area contributed by atoms with Crippen LogP contribution in [-0.2, 0) is 20.8 Å². The Labute approximate surface area is 200 Å². The molecule has 0 aliphatic carbocycles. The van der Waals surface area contributed by atoms with E-state index in [-0.39, 0.29) is 29.6 Å². The average Bonchev–Trinajstić information content (AvgIpc) is 3.24. The number of hydrogen-bond donors (Lipinski definition) is 0. The molecule has 0 unspecified atom stereocenters. The molecule has 4 atom stereocenters. The summed E-state index contributed by atoms with van der Waals surface area (Å²) in [5.41, 5.74) is 1.30. The molecule has 1 fully saturated rings. The average molecular weight is 468 g/mol. The number of carbonyl (C=O) groups is 1. The summed E-state index contributed by atoms with van der Waals surface area (Å²) in [7, 11) is 0. The van der Waals surface area contributed by atoms with Crippen LogP contribution in [0, 0.1) is 10.1 Å². The van der Waals surface area contributed by atoms with Crippen molar-refractivity contribution in [1.82, 2.24) is 0 Å². The van der Waals surface area contributed by atoms with E-state index in [2.05, 4.69) is 13.5 Å². The molecule has 0 saturated carbocycles. The topological polar surface area (TPSA) is 87.9 Å². The van der Waals surface area contributed by atoms with E-state index in [0.717, 1.165) is 31.2 Å². The number of nitro benzene ring substituents is 1. The number of unbranched alkanes of at least 4 members (excludes halogenated alkanes) is 2. The van der Waals surface area contributed by atoms with Crippen molar-refractivity contribution in [2.24, 2.45) is 0 Å². The zero-order valence-electron chi connectivity index (χ0n) is 19.6. The number of rotatable bonds is 13. The Hall–Kier alpha value is -3.03. The lowest BCUT2D eigenvalue weighted by molar-refractivity contribution is -0.384. The fraction of sp³-hybridized carbons (Fsp3) is 0.444. The molecule has 0 amide bonds. The summed E-state index contributed by atoms with van der Waals surface area (Å²) in [5.74, 6) is -0.522. The maximum Gasteiger partial charge on any atom is 0.338 e. The molecule has 2 aromatic rings. The quantitative estimate of drug-likeness (QED) is 0.118. The Bertz CT molecular complexity index is 930. The molecule has 7 nitrogen and oxygen atoms in total. The van der Waals surface area contributed by atoms with Crippen LogP contribution >= 0.6 is 0 Å². The van der Waals surface area contributed by atoms with Crippen LogP contribution in [0.25, 0.3) is 0 Å². The first kappa shape index (κ1) is 25.6. The van der Waals surface area contributed by atoms with E-state index in [9.17, 15) is 14.9 Å². The van der Waals surface area contributed by atoms with Crippen molar-refractivity contribution < 1.29 is 23.9 Å². The number of nitrogens with zero attached hydrogens (tertiary/aromatic N) is 1. The molecule has 1 heterocycles. The summed E-state index contributed by atoms with van der Waals surface area (Å²) in [6.45, 7) is 6.48. The zero-order valence-corrected chi connectivity index (χ0v) is 19.6. The van der Waals surface area contributed by atoms with Crippen LogP contribution in [-0.4, -0.2) is 35.3 Å². The second kappa shape index (κ2) is 13.0. The van der Waals surface area contributed by atoms with Gasteiger partial charge in [0.2, 0.25) is 0 Å². The monoisotopic (exact) mass is 467 g/mol. The minimum absolute atomic E-state index is 0.0733. The van der Waals surface area contributed by atoms with Crippen LogP contribution in [0.4, 0.5) is 5.69 Å². The summed E-state index contributed by atoms with van der Waals surface area (Å²) < 4.78 is 18.4. The third-order valence-electron chi connectivity index (χ3n) is 6.01.